The molecule has 0 atom stereocenters. The highest BCUT2D eigenvalue weighted by molar-refractivity contribution is 5.98. The molecular formula is C12H11NO. The Morgan fingerprint density at radius 1 is 1.14 bits per heavy atom. The van der Waals surface area contributed by atoms with E-state index in [9.17, 15) is 0 Å². The molecule has 2 heteroatoms. The third-order valence-corrected chi connectivity index (χ3v) is 2.57. The molecule has 2 nitrogen and oxygen atoms in total. The van der Waals surface area contributed by atoms with Crippen LogP contribution in [-0.2, 0) is 0 Å². The summed E-state index contributed by atoms with van der Waals surface area (Å²) in [5.74, 6) is 0.971. The second kappa shape index (κ2) is 2.41. The molecule has 0 radical (unpaired) electrons. The third-order valence-electron chi connectivity index (χ3n) is 2.57. The fraction of sp³-hybridized carbons (Fsp3) is 0.167. The lowest BCUT2D eigenvalue weighted by atomic mass is 10.1. The molecule has 1 aromatic rings. The first-order valence-corrected chi connectivity index (χ1v) is 4.72. The van der Waals surface area contributed by atoms with Gasteiger partial charge in [0.15, 0.2) is 0 Å². The van der Waals surface area contributed by atoms with Crippen LogP contribution in [0.2, 0.25) is 0 Å². The molecule has 1 aliphatic heterocycles. The maximum absolute atomic E-state index is 5.57. The average molecular weight is 185 g/mol. The molecule has 0 saturated heterocycles. The molecule has 0 spiro atoms. The van der Waals surface area contributed by atoms with E-state index in [2.05, 4.69) is 30.1 Å². The number of hydrogen-bond donors (Lipinski definition) is 1. The van der Waals surface area contributed by atoms with Crippen LogP contribution >= 0.6 is 0 Å². The zero-order valence-electron chi connectivity index (χ0n) is 8.22. The predicted octanol–water partition coefficient (Wildman–Crippen LogP) is 3.48. The van der Waals surface area contributed by atoms with Gasteiger partial charge in [-0.3, -0.25) is 0 Å². The van der Waals surface area contributed by atoms with Gasteiger partial charge in [-0.1, -0.05) is 0 Å². The number of fused-ring (bicyclic) bond motifs is 3. The van der Waals surface area contributed by atoms with Crippen LogP contribution in [0.3, 0.4) is 0 Å². The van der Waals surface area contributed by atoms with E-state index in [1.54, 1.807) is 0 Å². The van der Waals surface area contributed by atoms with Gasteiger partial charge >= 0.3 is 0 Å². The van der Waals surface area contributed by atoms with Gasteiger partial charge in [0, 0.05) is 28.9 Å². The van der Waals surface area contributed by atoms with Gasteiger partial charge in [0.1, 0.15) is 11.3 Å². The SMILES string of the molecule is Cc1c[nH]c2cc3oc(C)cc3c-2c1. The Hall–Kier alpha value is -1.70. The molecule has 2 aliphatic rings. The number of H-pyrrole nitrogens is 1. The van der Waals surface area contributed by atoms with Crippen LogP contribution in [0.25, 0.3) is 22.2 Å². The van der Waals surface area contributed by atoms with E-state index in [4.69, 9.17) is 4.42 Å². The standard InChI is InChI=1S/C12H11NO/c1-7-3-9-10-4-8(2)14-12(10)5-11(9)13-6-7/h3-6,13H,1-2H3. The van der Waals surface area contributed by atoms with Crippen molar-refractivity contribution in [2.24, 2.45) is 0 Å². The number of hydrogen-bond acceptors (Lipinski definition) is 1. The van der Waals surface area contributed by atoms with Crippen LogP contribution in [-0.4, -0.2) is 4.98 Å². The normalized spacial score (nSPS) is 11.6. The van der Waals surface area contributed by atoms with Crippen molar-refractivity contribution in [2.75, 3.05) is 0 Å². The minimum absolute atomic E-state index is 0.971. The second-order valence-corrected chi connectivity index (χ2v) is 3.78. The average Bonchev–Trinajstić information content (AvgIpc) is 2.62. The number of aromatic nitrogens is 1. The van der Waals surface area contributed by atoms with Crippen LogP contribution < -0.4 is 0 Å². The molecule has 0 unspecified atom stereocenters. The van der Waals surface area contributed by atoms with Gasteiger partial charge in [0.25, 0.3) is 0 Å². The number of aromatic amines is 1. The molecule has 70 valence electrons. The van der Waals surface area contributed by atoms with E-state index >= 15 is 0 Å². The largest absolute Gasteiger partial charge is 0.461 e. The summed E-state index contributed by atoms with van der Waals surface area (Å²) in [6.45, 7) is 4.06. The molecule has 1 aliphatic carbocycles. The molecule has 0 amide bonds. The molecule has 0 fully saturated rings. The Kier molecular flexibility index (Phi) is 1.32. The van der Waals surface area contributed by atoms with Crippen molar-refractivity contribution < 1.29 is 4.42 Å². The predicted molar refractivity (Wildman–Crippen MR) is 56.7 cm³/mol. The highest BCUT2D eigenvalue weighted by Crippen LogP contribution is 2.34. The fourth-order valence-electron chi connectivity index (χ4n) is 1.94. The molecular weight excluding hydrogens is 174 g/mol. The first kappa shape index (κ1) is 7.68. The van der Waals surface area contributed by atoms with Gasteiger partial charge in [0.2, 0.25) is 0 Å². The van der Waals surface area contributed by atoms with Crippen LogP contribution in [0.15, 0.2) is 28.8 Å². The van der Waals surface area contributed by atoms with E-state index in [-0.39, 0.29) is 0 Å². The van der Waals surface area contributed by atoms with Gasteiger partial charge < -0.3 is 9.40 Å². The van der Waals surface area contributed by atoms with E-state index in [1.165, 1.54) is 16.5 Å². The highest BCUT2D eigenvalue weighted by atomic mass is 16.3. The highest BCUT2D eigenvalue weighted by Gasteiger charge is 2.13. The summed E-state index contributed by atoms with van der Waals surface area (Å²) in [5.41, 5.74) is 4.60. The molecule has 3 rings (SSSR count). The third kappa shape index (κ3) is 0.909. The van der Waals surface area contributed by atoms with Crippen molar-refractivity contribution in [1.82, 2.24) is 4.98 Å². The van der Waals surface area contributed by atoms with Crippen molar-refractivity contribution in [3.05, 3.63) is 35.7 Å². The number of furan rings is 1. The number of nitrogens with one attached hydrogen (secondary N) is 1. The Morgan fingerprint density at radius 3 is 2.86 bits per heavy atom. The van der Waals surface area contributed by atoms with E-state index < -0.39 is 0 Å². The fourth-order valence-corrected chi connectivity index (χ4v) is 1.94. The molecule has 0 saturated carbocycles. The van der Waals surface area contributed by atoms with Gasteiger partial charge in [0.05, 0.1) is 0 Å². The second-order valence-electron chi connectivity index (χ2n) is 3.78. The maximum Gasteiger partial charge on any atom is 0.137 e. The molecule has 0 bridgehead atoms. The van der Waals surface area contributed by atoms with Gasteiger partial charge in [-0.15, -0.1) is 0 Å². The summed E-state index contributed by atoms with van der Waals surface area (Å²) in [6.07, 6.45) is 2.01. The number of pyridine rings is 1. The maximum atomic E-state index is 5.57. The smallest absolute Gasteiger partial charge is 0.137 e. The minimum atomic E-state index is 0.971. The van der Waals surface area contributed by atoms with Crippen molar-refractivity contribution in [1.29, 1.82) is 0 Å². The van der Waals surface area contributed by atoms with E-state index in [0.29, 0.717) is 0 Å². The minimum Gasteiger partial charge on any atom is -0.461 e. The summed E-state index contributed by atoms with van der Waals surface area (Å²) >= 11 is 0. The topological polar surface area (TPSA) is 28.9 Å². The lowest BCUT2D eigenvalue weighted by Crippen LogP contribution is -1.81. The quantitative estimate of drug-likeness (QED) is 0.570. The number of aryl methyl sites for hydroxylation is 2. The molecule has 2 heterocycles. The van der Waals surface area contributed by atoms with Crippen molar-refractivity contribution >= 4 is 11.0 Å². The van der Waals surface area contributed by atoms with Crippen LogP contribution in [0, 0.1) is 13.8 Å². The van der Waals surface area contributed by atoms with Crippen LogP contribution in [0.4, 0.5) is 0 Å². The Bertz CT molecular complexity index is 573. The Labute approximate surface area is 81.9 Å². The Balaban J connectivity index is 2.49. The lowest BCUT2D eigenvalue weighted by molar-refractivity contribution is 0.579. The zero-order chi connectivity index (χ0) is 9.71. The Morgan fingerprint density at radius 2 is 2.00 bits per heavy atom. The van der Waals surface area contributed by atoms with Crippen molar-refractivity contribution in [3.63, 3.8) is 0 Å². The summed E-state index contributed by atoms with van der Waals surface area (Å²) < 4.78 is 5.57. The first-order chi connectivity index (χ1) is 6.74. The van der Waals surface area contributed by atoms with Gasteiger partial charge in [-0.05, 0) is 31.5 Å². The number of rotatable bonds is 0. The molecule has 1 N–H and O–H groups in total. The molecule has 14 heavy (non-hydrogen) atoms. The van der Waals surface area contributed by atoms with Crippen molar-refractivity contribution in [3.8, 4) is 11.3 Å². The van der Waals surface area contributed by atoms with Gasteiger partial charge in [-0.25, -0.2) is 0 Å². The van der Waals surface area contributed by atoms with Crippen LogP contribution in [0.1, 0.15) is 11.3 Å². The lowest BCUT2D eigenvalue weighted by Gasteiger charge is -2.00. The van der Waals surface area contributed by atoms with Gasteiger partial charge in [-0.2, -0.15) is 0 Å². The molecule has 1 aromatic heterocycles. The monoisotopic (exact) mass is 185 g/mol. The zero-order valence-corrected chi connectivity index (χ0v) is 8.22. The summed E-state index contributed by atoms with van der Waals surface area (Å²) in [6, 6.07) is 6.32. The van der Waals surface area contributed by atoms with Crippen LogP contribution in [0.5, 0.6) is 0 Å². The summed E-state index contributed by atoms with van der Waals surface area (Å²) in [5, 5.41) is 1.21. The first-order valence-electron chi connectivity index (χ1n) is 4.72. The van der Waals surface area contributed by atoms with E-state index in [0.717, 1.165) is 17.0 Å². The van der Waals surface area contributed by atoms with Crippen molar-refractivity contribution in [2.45, 2.75) is 13.8 Å². The summed E-state index contributed by atoms with van der Waals surface area (Å²) in [7, 11) is 0. The molecule has 0 aromatic carbocycles. The summed E-state index contributed by atoms with van der Waals surface area (Å²) in [4.78, 5) is 3.25. The van der Waals surface area contributed by atoms with E-state index in [1.807, 2.05) is 13.1 Å².